The third-order valence-electron chi connectivity index (χ3n) is 2.22. The summed E-state index contributed by atoms with van der Waals surface area (Å²) in [6.45, 7) is 6.44. The highest BCUT2D eigenvalue weighted by Crippen LogP contribution is 1.99. The topological polar surface area (TPSA) is 60.2 Å². The van der Waals surface area contributed by atoms with E-state index in [2.05, 4.69) is 22.4 Å². The lowest BCUT2D eigenvalue weighted by Crippen LogP contribution is -2.36. The molecule has 80 valence electrons. The summed E-state index contributed by atoms with van der Waals surface area (Å²) in [5.74, 6) is 1.27. The highest BCUT2D eigenvalue weighted by atomic mass is 16.5. The van der Waals surface area contributed by atoms with Gasteiger partial charge in [0.05, 0.1) is 12.6 Å². The van der Waals surface area contributed by atoms with Crippen LogP contribution in [0.4, 0.5) is 0 Å². The van der Waals surface area contributed by atoms with Crippen LogP contribution in [0.1, 0.15) is 25.6 Å². The van der Waals surface area contributed by atoms with Gasteiger partial charge in [-0.3, -0.25) is 0 Å². The summed E-state index contributed by atoms with van der Waals surface area (Å²) < 4.78 is 10.1. The first-order valence-electron chi connectivity index (χ1n) is 4.69. The summed E-state index contributed by atoms with van der Waals surface area (Å²) in [5, 5.41) is 6.94. The van der Waals surface area contributed by atoms with Gasteiger partial charge in [0, 0.05) is 13.2 Å². The van der Waals surface area contributed by atoms with Crippen LogP contribution in [0.5, 0.6) is 0 Å². The Morgan fingerprint density at radius 2 is 2.21 bits per heavy atom. The Bertz CT molecular complexity index is 275. The Morgan fingerprint density at radius 1 is 1.50 bits per heavy atom. The molecule has 0 saturated carbocycles. The van der Waals surface area contributed by atoms with Crippen molar-refractivity contribution in [2.45, 2.75) is 39.5 Å². The molecule has 1 aromatic rings. The fraction of sp³-hybridized carbons (Fsp3) is 0.778. The highest BCUT2D eigenvalue weighted by molar-refractivity contribution is 4.83. The minimum Gasteiger partial charge on any atom is -0.380 e. The molecule has 0 spiro atoms. The van der Waals surface area contributed by atoms with Gasteiger partial charge < -0.3 is 14.6 Å². The first-order chi connectivity index (χ1) is 6.63. The van der Waals surface area contributed by atoms with E-state index < -0.39 is 0 Å². The molecule has 0 bridgehead atoms. The Morgan fingerprint density at radius 3 is 2.71 bits per heavy atom. The maximum Gasteiger partial charge on any atom is 0.240 e. The molecule has 0 amide bonds. The average Bonchev–Trinajstić information content (AvgIpc) is 2.59. The molecule has 0 fully saturated rings. The molecule has 0 radical (unpaired) electrons. The van der Waals surface area contributed by atoms with Gasteiger partial charge in [-0.05, 0) is 20.8 Å². The van der Waals surface area contributed by atoms with Gasteiger partial charge in [-0.25, -0.2) is 0 Å². The summed E-state index contributed by atoms with van der Waals surface area (Å²) in [7, 11) is 1.69. The van der Waals surface area contributed by atoms with E-state index >= 15 is 0 Å². The number of nitrogens with zero attached hydrogens (tertiary/aromatic N) is 2. The van der Waals surface area contributed by atoms with Crippen LogP contribution < -0.4 is 5.32 Å². The molecule has 2 unspecified atom stereocenters. The predicted octanol–water partition coefficient (Wildman–Crippen LogP) is 0.891. The molecule has 1 N–H and O–H groups in total. The molecule has 0 aromatic carbocycles. The van der Waals surface area contributed by atoms with Gasteiger partial charge in [-0.15, -0.1) is 0 Å². The van der Waals surface area contributed by atoms with Gasteiger partial charge in [-0.1, -0.05) is 5.16 Å². The number of rotatable bonds is 5. The highest BCUT2D eigenvalue weighted by Gasteiger charge is 2.11. The zero-order chi connectivity index (χ0) is 10.6. The number of hydrogen-bond donors (Lipinski definition) is 1. The van der Waals surface area contributed by atoms with Crippen molar-refractivity contribution in [3.63, 3.8) is 0 Å². The fourth-order valence-electron chi connectivity index (χ4n) is 1.03. The molecule has 1 heterocycles. The Kier molecular flexibility index (Phi) is 4.03. The zero-order valence-corrected chi connectivity index (χ0v) is 9.07. The van der Waals surface area contributed by atoms with E-state index in [-0.39, 0.29) is 12.1 Å². The summed E-state index contributed by atoms with van der Waals surface area (Å²) in [6.07, 6.45) is 0.166. The first kappa shape index (κ1) is 11.1. The van der Waals surface area contributed by atoms with Gasteiger partial charge >= 0.3 is 0 Å². The number of aryl methyl sites for hydroxylation is 1. The molecule has 0 aliphatic heterocycles. The normalized spacial score (nSPS) is 15.4. The van der Waals surface area contributed by atoms with E-state index in [0.29, 0.717) is 18.3 Å². The second-order valence-corrected chi connectivity index (χ2v) is 3.35. The minimum absolute atomic E-state index is 0.166. The fourth-order valence-corrected chi connectivity index (χ4v) is 1.03. The second kappa shape index (κ2) is 5.07. The third-order valence-corrected chi connectivity index (χ3v) is 2.22. The number of ether oxygens (including phenoxy) is 1. The molecule has 1 rings (SSSR count). The van der Waals surface area contributed by atoms with Crippen LogP contribution in [-0.2, 0) is 11.3 Å². The molecular weight excluding hydrogens is 182 g/mol. The van der Waals surface area contributed by atoms with Crippen LogP contribution in [0.2, 0.25) is 0 Å². The van der Waals surface area contributed by atoms with Crippen LogP contribution in [0, 0.1) is 6.92 Å². The van der Waals surface area contributed by atoms with E-state index in [9.17, 15) is 0 Å². The van der Waals surface area contributed by atoms with Crippen molar-refractivity contribution in [1.29, 1.82) is 0 Å². The van der Waals surface area contributed by atoms with Crippen LogP contribution in [-0.4, -0.2) is 29.4 Å². The zero-order valence-electron chi connectivity index (χ0n) is 9.07. The third kappa shape index (κ3) is 3.08. The molecule has 2 atom stereocenters. The molecule has 0 aliphatic carbocycles. The number of nitrogens with one attached hydrogen (secondary N) is 1. The first-order valence-corrected chi connectivity index (χ1v) is 4.69. The maximum absolute atomic E-state index is 5.18. The van der Waals surface area contributed by atoms with Gasteiger partial charge in [-0.2, -0.15) is 4.98 Å². The van der Waals surface area contributed by atoms with E-state index in [0.717, 1.165) is 0 Å². The summed E-state index contributed by atoms with van der Waals surface area (Å²) in [4.78, 5) is 4.09. The lowest BCUT2D eigenvalue weighted by molar-refractivity contribution is 0.0871. The van der Waals surface area contributed by atoms with Crippen molar-refractivity contribution in [2.75, 3.05) is 7.11 Å². The number of methoxy groups -OCH3 is 1. The summed E-state index contributed by atoms with van der Waals surface area (Å²) >= 11 is 0. The van der Waals surface area contributed by atoms with Crippen LogP contribution in [0.15, 0.2) is 4.52 Å². The molecule has 1 aromatic heterocycles. The molecule has 5 nitrogen and oxygen atoms in total. The minimum atomic E-state index is 0.166. The van der Waals surface area contributed by atoms with Crippen molar-refractivity contribution in [3.05, 3.63) is 11.7 Å². The molecule has 14 heavy (non-hydrogen) atoms. The molecule has 0 saturated heterocycles. The van der Waals surface area contributed by atoms with E-state index in [4.69, 9.17) is 9.26 Å². The van der Waals surface area contributed by atoms with E-state index in [1.54, 1.807) is 14.0 Å². The van der Waals surface area contributed by atoms with Crippen molar-refractivity contribution >= 4 is 0 Å². The molecule has 0 aliphatic rings. The number of aromatic nitrogens is 2. The molecule has 5 heteroatoms. The Balaban J connectivity index is 2.33. The Labute approximate surface area is 83.8 Å². The van der Waals surface area contributed by atoms with E-state index in [1.807, 2.05) is 6.92 Å². The van der Waals surface area contributed by atoms with Crippen molar-refractivity contribution < 1.29 is 9.26 Å². The van der Waals surface area contributed by atoms with Crippen LogP contribution >= 0.6 is 0 Å². The quantitative estimate of drug-likeness (QED) is 0.763. The Hall–Kier alpha value is -0.940. The summed E-state index contributed by atoms with van der Waals surface area (Å²) in [6, 6.07) is 0.257. The van der Waals surface area contributed by atoms with Crippen molar-refractivity contribution in [1.82, 2.24) is 15.5 Å². The van der Waals surface area contributed by atoms with Gasteiger partial charge in [0.1, 0.15) is 0 Å². The molecular formula is C9H17N3O2. The lowest BCUT2D eigenvalue weighted by atomic mass is 10.2. The van der Waals surface area contributed by atoms with Gasteiger partial charge in [0.15, 0.2) is 5.82 Å². The smallest absolute Gasteiger partial charge is 0.240 e. The van der Waals surface area contributed by atoms with Gasteiger partial charge in [0.2, 0.25) is 5.89 Å². The maximum atomic E-state index is 5.18. The van der Waals surface area contributed by atoms with Crippen LogP contribution in [0.3, 0.4) is 0 Å². The monoisotopic (exact) mass is 199 g/mol. The van der Waals surface area contributed by atoms with Crippen molar-refractivity contribution in [2.24, 2.45) is 0 Å². The lowest BCUT2D eigenvalue weighted by Gasteiger charge is -2.18. The van der Waals surface area contributed by atoms with Crippen molar-refractivity contribution in [3.8, 4) is 0 Å². The largest absolute Gasteiger partial charge is 0.380 e. The van der Waals surface area contributed by atoms with E-state index in [1.165, 1.54) is 0 Å². The average molecular weight is 199 g/mol. The second-order valence-electron chi connectivity index (χ2n) is 3.35. The predicted molar refractivity (Wildman–Crippen MR) is 51.8 cm³/mol. The number of hydrogen-bond acceptors (Lipinski definition) is 5. The van der Waals surface area contributed by atoms with Crippen LogP contribution in [0.25, 0.3) is 0 Å². The summed E-state index contributed by atoms with van der Waals surface area (Å²) in [5.41, 5.74) is 0. The standard InChI is InChI=1S/C9H17N3O2/c1-6(7(2)13-4)10-5-9-11-8(3)12-14-9/h6-7,10H,5H2,1-4H3. The SMILES string of the molecule is COC(C)C(C)NCc1nc(C)no1. The van der Waals surface area contributed by atoms with Gasteiger partial charge in [0.25, 0.3) is 0 Å².